The molecule has 0 fully saturated rings. The van der Waals surface area contributed by atoms with Crippen LogP contribution in [0, 0.1) is 104 Å². The number of hydrogen-bond acceptors (Lipinski definition) is 16. The Hall–Kier alpha value is 2.18. The molecule has 2 amide bonds. The second-order valence-corrected chi connectivity index (χ2v) is 11.6. The summed E-state index contributed by atoms with van der Waals surface area (Å²) in [6.45, 7) is 90.4. The van der Waals surface area contributed by atoms with Crippen molar-refractivity contribution in [1.82, 2.24) is 31.1 Å². The van der Waals surface area contributed by atoms with Gasteiger partial charge < -0.3 is 188 Å². The van der Waals surface area contributed by atoms with Crippen molar-refractivity contribution in [2.24, 2.45) is 33.3 Å². The van der Waals surface area contributed by atoms with Crippen LogP contribution in [0.3, 0.4) is 0 Å². The molecule has 0 aliphatic heterocycles. The molecule has 0 rings (SSSR count). The minimum Gasteiger partial charge on any atom is -0.481 e. The first kappa shape index (κ1) is 218. The number of nitrogens with one attached hydrogen (secondary N) is 1. The number of primary amides is 1. The third kappa shape index (κ3) is 439. The summed E-state index contributed by atoms with van der Waals surface area (Å²) in [5.74, 6) is -1.61. The number of aliphatic hydroxyl groups excluding tert-OH is 1. The molecule has 0 aromatic rings. The van der Waals surface area contributed by atoms with Crippen LogP contribution in [0.2, 0.25) is 0 Å². The first-order valence-electron chi connectivity index (χ1n) is 26.9. The van der Waals surface area contributed by atoms with Gasteiger partial charge in [-0.05, 0) is 45.3 Å². The van der Waals surface area contributed by atoms with Gasteiger partial charge in [0, 0.05) is 131 Å². The molecule has 0 aliphatic carbocycles. The van der Waals surface area contributed by atoms with Gasteiger partial charge in [0.05, 0.1) is 0 Å². The summed E-state index contributed by atoms with van der Waals surface area (Å²) in [6, 6.07) is 0. The van der Waals surface area contributed by atoms with Crippen LogP contribution in [0.25, 0.3) is 0 Å². The molecule has 5 unspecified atom stereocenters. The van der Waals surface area contributed by atoms with E-state index in [1.807, 2.05) is 67.7 Å². The van der Waals surface area contributed by atoms with E-state index in [-0.39, 0.29) is 176 Å². The van der Waals surface area contributed by atoms with Crippen LogP contribution in [-0.2, 0) is 117 Å². The molecule has 20 nitrogen and oxygen atoms in total. The molecule has 5 radical (unpaired) electrons. The van der Waals surface area contributed by atoms with E-state index in [4.69, 9.17) is 15.3 Å². The average molecular weight is 1650 g/mol. The van der Waals surface area contributed by atoms with Gasteiger partial charge in [-0.25, -0.2) is 0 Å². The van der Waals surface area contributed by atoms with E-state index >= 15 is 0 Å². The molecule has 94 heavy (non-hydrogen) atoms. The zero-order valence-corrected chi connectivity index (χ0v) is 71.2. The van der Waals surface area contributed by atoms with Gasteiger partial charge in [0.1, 0.15) is 6.29 Å². The second kappa shape index (κ2) is 322. The van der Waals surface area contributed by atoms with Gasteiger partial charge >= 0.3 is 11.9 Å². The Morgan fingerprint density at radius 2 is 0.543 bits per heavy atom. The molecule has 0 aliphatic rings. The maximum atomic E-state index is 10.8. The summed E-state index contributed by atoms with van der Waals surface area (Å²) in [4.78, 5) is 56.6. The standard InChI is InChI=1S/C7H13NO.3C7H15N.C4H9N.C3H7NO.2C3H6O2.C3H8O.C3H6O.5C2H5.7CH4.5H4NP.H3N.5V/c1-4-7(9)8(5-2)6-3;3*1-4-7-8(5-2)6-3;1-3-5-4-2;3*1-2-3(4)5;2*1-2-3-4;5*1-2;;;;;;;;5*1-2;;;;;;/h2-6H2,1H3;3*2-7H2,1H3;5H,1-4H2;2H2,1H3,(H2,4,5);2*2H2,1H3,(H,4,5);4H,2-3H2,1H3;3H,2H2,1H3;5*1H2,2H3;7*1H4;5*1-2H2;1H3;;;;;/q5*-2;;;;;;5*-1;;;;;;;;;;;;;;;;;;. The van der Waals surface area contributed by atoms with Gasteiger partial charge in [0.25, 0.3) is 0 Å². The second-order valence-electron chi connectivity index (χ2n) is 11.6. The molecule has 0 aromatic carbocycles. The van der Waals surface area contributed by atoms with Crippen molar-refractivity contribution in [3.05, 3.63) is 104 Å². The molecule has 0 bridgehead atoms. The Bertz CT molecular complexity index is 790. The number of carboxylic acid groups (broad SMARTS) is 2. The number of carboxylic acids is 2. The largest absolute Gasteiger partial charge is 0.481 e. The molecule has 605 valence electrons. The Morgan fingerprint density at radius 3 is 0.564 bits per heavy atom. The number of nitrogens with zero attached hydrogens (tertiary/aromatic N) is 4. The fourth-order valence-corrected chi connectivity index (χ4v) is 2.66. The molecule has 0 heterocycles. The van der Waals surface area contributed by atoms with E-state index in [0.29, 0.717) is 39.0 Å². The molecular weight excluding hydrogens is 1470 g/mol. The van der Waals surface area contributed by atoms with Crippen LogP contribution < -0.4 is 44.7 Å². The van der Waals surface area contributed by atoms with Crippen LogP contribution in [-0.4, -0.2) is 157 Å². The number of carbonyl (C=O) groups excluding carboxylic acids is 3. The van der Waals surface area contributed by atoms with E-state index in [2.05, 4.69) is 178 Å². The van der Waals surface area contributed by atoms with Crippen molar-refractivity contribution in [3.8, 4) is 0 Å². The Kier molecular flexibility index (Phi) is 748. The molecule has 30 heteroatoms. The van der Waals surface area contributed by atoms with Gasteiger partial charge in [-0.3, -0.25) is 19.2 Å². The monoisotopic (exact) mass is 1650 g/mol. The normalized spacial score (nSPS) is 6.41. The van der Waals surface area contributed by atoms with Crippen LogP contribution in [0.15, 0.2) is 0 Å². The molecular formula is C64H176N12O8P5V5-15. The minimum atomic E-state index is -0.745. The summed E-state index contributed by atoms with van der Waals surface area (Å²) in [7, 11) is 9.58. The first-order valence-corrected chi connectivity index (χ1v) is 30.2. The van der Waals surface area contributed by atoms with Crippen molar-refractivity contribution in [3.63, 3.8) is 0 Å². The van der Waals surface area contributed by atoms with Crippen molar-refractivity contribution in [1.29, 1.82) is 0 Å². The zero-order chi connectivity index (χ0) is 70.3. The van der Waals surface area contributed by atoms with Gasteiger partial charge in [0.2, 0.25) is 11.8 Å². The number of carbonyl (C=O) groups is 5. The number of aldehydes is 1. The number of rotatable bonds is 22. The SMILES string of the molecule is C.C.C.C.C.C.C.CCC(=O)O.CCC(=O)O.CCC(N)=O.CCC=O.CCCO.N.NP.NP.NP.NP.NP.[CH2-]C.[CH2-]C.[CH2-]C.[CH2-]C.[CH2-]C.[CH2-]CN(C[CH2-])C(=O)CC.[CH2-]CN(C[CH2-])CCC.[CH2-]CN(C[CH2-])CCC.[CH2-]CN(C[CH2-])CCC.[CH2-]CNC[CH2-].[V].[V].[V].[V].[V]. The summed E-state index contributed by atoms with van der Waals surface area (Å²) < 4.78 is 0. The quantitative estimate of drug-likeness (QED) is 0.0272. The zero-order valence-electron chi connectivity index (χ0n) is 58.4. The summed E-state index contributed by atoms with van der Waals surface area (Å²) in [5.41, 5.74) is 26.7. The van der Waals surface area contributed by atoms with Gasteiger partial charge in [0.15, 0.2) is 0 Å². The topological polar surface area (TPSA) is 362 Å². The van der Waals surface area contributed by atoms with Crippen molar-refractivity contribution in [2.75, 3.05) is 91.7 Å². The fraction of sp³-hybridized carbons (Fsp3) is 0.688. The summed E-state index contributed by atoms with van der Waals surface area (Å²) in [6.07, 6.45) is 7.42. The van der Waals surface area contributed by atoms with Crippen molar-refractivity contribution in [2.45, 2.75) is 207 Å². The van der Waals surface area contributed by atoms with E-state index < -0.39 is 11.9 Å². The third-order valence-corrected chi connectivity index (χ3v) is 6.41. The minimum absolute atomic E-state index is 0. The summed E-state index contributed by atoms with van der Waals surface area (Å²) >= 11 is 0. The van der Waals surface area contributed by atoms with E-state index in [1.54, 1.807) is 60.3 Å². The number of amides is 2. The number of aliphatic hydroxyl groups is 1. The van der Waals surface area contributed by atoms with E-state index in [0.717, 1.165) is 84.7 Å². The van der Waals surface area contributed by atoms with Crippen molar-refractivity contribution < 1.29 is 132 Å². The van der Waals surface area contributed by atoms with Crippen LogP contribution in [0.4, 0.5) is 0 Å². The molecule has 0 saturated heterocycles. The maximum Gasteiger partial charge on any atom is 0.303 e. The maximum absolute atomic E-state index is 10.8. The van der Waals surface area contributed by atoms with Crippen LogP contribution in [0.1, 0.15) is 207 Å². The Labute approximate surface area is 670 Å². The van der Waals surface area contributed by atoms with Gasteiger partial charge in [-0.2, -0.15) is 34.6 Å². The Balaban J connectivity index is -0.0000000136. The number of nitrogens with two attached hydrogens (primary N) is 6. The molecule has 0 aromatic heterocycles. The average Bonchev–Trinajstić information content (AvgIpc) is 3.55. The first-order chi connectivity index (χ1) is 38.8. The third-order valence-electron chi connectivity index (χ3n) is 6.41. The predicted octanol–water partition coefficient (Wildman–Crippen LogP) is 14.5. The summed E-state index contributed by atoms with van der Waals surface area (Å²) in [5, 5.41) is 26.2. The Morgan fingerprint density at radius 1 is 0.394 bits per heavy atom. The van der Waals surface area contributed by atoms with E-state index in [9.17, 15) is 24.0 Å². The fourth-order valence-electron chi connectivity index (χ4n) is 2.66. The predicted molar refractivity (Wildman–Crippen MR) is 439 cm³/mol. The molecule has 0 saturated carbocycles. The number of aliphatic carboxylic acids is 2. The van der Waals surface area contributed by atoms with Crippen molar-refractivity contribution >= 4 is 77.0 Å². The molecule has 5 atom stereocenters. The van der Waals surface area contributed by atoms with Gasteiger partial charge in [-0.15, -0.1) is 65.4 Å². The smallest absolute Gasteiger partial charge is 0.303 e. The number of hydrogen-bond donors (Lipinski definition) is 11. The van der Waals surface area contributed by atoms with Gasteiger partial charge in [-0.1, -0.05) is 161 Å². The van der Waals surface area contributed by atoms with E-state index in [1.165, 1.54) is 19.3 Å². The van der Waals surface area contributed by atoms with Crippen LogP contribution in [0.5, 0.6) is 0 Å². The molecule has 0 spiro atoms. The van der Waals surface area contributed by atoms with Crippen LogP contribution >= 0.6 is 47.0 Å². The molecule has 19 N–H and O–H groups in total.